The van der Waals surface area contributed by atoms with Gasteiger partial charge in [-0.05, 0) is 24.1 Å². The lowest BCUT2D eigenvalue weighted by Crippen LogP contribution is -2.09. The zero-order valence-corrected chi connectivity index (χ0v) is 14.9. The molecule has 5 nitrogen and oxygen atoms in total. The molecule has 1 aromatic carbocycles. The van der Waals surface area contributed by atoms with Crippen molar-refractivity contribution >= 4 is 38.6 Å². The van der Waals surface area contributed by atoms with E-state index < -0.39 is 12.6 Å². The normalized spacial score (nSPS) is 12.6. The van der Waals surface area contributed by atoms with Gasteiger partial charge in [0.25, 0.3) is 0 Å². The number of fused-ring (bicyclic) bond motifs is 1. The number of oxazole rings is 1. The minimum atomic E-state index is -3.09. The van der Waals surface area contributed by atoms with Crippen molar-refractivity contribution in [3.05, 3.63) is 52.9 Å². The quantitative estimate of drug-likeness (QED) is 0.487. The maximum Gasteiger partial charge on any atom is 0.387 e. The van der Waals surface area contributed by atoms with Crippen LogP contribution in [-0.4, -0.2) is 24.7 Å². The minimum absolute atomic E-state index is 0.157. The maximum absolute atomic E-state index is 12.6. The summed E-state index contributed by atoms with van der Waals surface area (Å²) >= 11 is 3.15. The topological polar surface area (TPSA) is 61.6 Å². The van der Waals surface area contributed by atoms with Crippen molar-refractivity contribution in [2.24, 2.45) is 0 Å². The second kappa shape index (κ2) is 8.57. The van der Waals surface area contributed by atoms with E-state index in [2.05, 4.69) is 30.4 Å². The van der Waals surface area contributed by atoms with Gasteiger partial charge in [-0.3, -0.25) is 0 Å². The molecule has 0 amide bonds. The van der Waals surface area contributed by atoms with Gasteiger partial charge in [-0.1, -0.05) is 34.2 Å². The molecule has 0 spiro atoms. The summed E-state index contributed by atoms with van der Waals surface area (Å²) < 4.78 is 39.7. The molecule has 0 atom stereocenters. The van der Waals surface area contributed by atoms with Crippen LogP contribution in [0.25, 0.3) is 16.7 Å². The van der Waals surface area contributed by atoms with Crippen LogP contribution in [0.3, 0.4) is 0 Å². The Kier molecular flexibility index (Phi) is 6.46. The fraction of sp³-hybridized carbons (Fsp3) is 0.176. The second-order valence-corrected chi connectivity index (χ2v) is 5.16. The predicted molar refractivity (Wildman–Crippen MR) is 92.8 cm³/mol. The minimum Gasteiger partial charge on any atom is -0.465 e. The zero-order chi connectivity index (χ0) is 18.4. The first-order chi connectivity index (χ1) is 12.0. The van der Waals surface area contributed by atoms with Crippen LogP contribution in [-0.2, 0) is 4.74 Å². The van der Waals surface area contributed by atoms with Gasteiger partial charge in [-0.25, -0.2) is 9.78 Å². The highest BCUT2D eigenvalue weighted by Gasteiger charge is 2.20. The maximum atomic E-state index is 12.6. The number of hydrogen-bond acceptors (Lipinski definition) is 5. The summed E-state index contributed by atoms with van der Waals surface area (Å²) in [5.74, 6) is -0.866. The fourth-order valence-electron chi connectivity index (χ4n) is 2.03. The Morgan fingerprint density at radius 1 is 1.36 bits per heavy atom. The highest BCUT2D eigenvalue weighted by Crippen LogP contribution is 2.30. The summed E-state index contributed by atoms with van der Waals surface area (Å²) in [6, 6.07) is 2.49. The number of hydrogen-bond donors (Lipinski definition) is 0. The Bertz CT molecular complexity index is 856. The summed E-state index contributed by atoms with van der Waals surface area (Å²) in [5, 5.41) is 0. The van der Waals surface area contributed by atoms with E-state index in [1.54, 1.807) is 36.2 Å². The number of allylic oxidation sites excluding steroid dienone is 5. The van der Waals surface area contributed by atoms with Crippen LogP contribution in [0.15, 0.2) is 45.8 Å². The molecule has 0 saturated heterocycles. The first kappa shape index (κ1) is 18.9. The van der Waals surface area contributed by atoms with Crippen molar-refractivity contribution in [3.63, 3.8) is 0 Å². The van der Waals surface area contributed by atoms with E-state index >= 15 is 0 Å². The molecule has 132 valence electrons. The molecule has 0 aliphatic heterocycles. The van der Waals surface area contributed by atoms with Crippen molar-refractivity contribution < 1.29 is 27.5 Å². The number of carbonyl (C=O) groups excluding carboxylic acids is 1. The largest absolute Gasteiger partial charge is 0.465 e. The molecule has 0 radical (unpaired) electrons. The third-order valence-corrected chi connectivity index (χ3v) is 3.43. The first-order valence-corrected chi connectivity index (χ1v) is 7.99. The van der Waals surface area contributed by atoms with Crippen LogP contribution in [0.5, 0.6) is 5.75 Å². The van der Waals surface area contributed by atoms with Crippen molar-refractivity contribution in [1.82, 2.24) is 4.98 Å². The smallest absolute Gasteiger partial charge is 0.387 e. The number of benzene rings is 1. The summed E-state index contributed by atoms with van der Waals surface area (Å²) in [7, 11) is 1.15. The van der Waals surface area contributed by atoms with E-state index in [0.29, 0.717) is 11.1 Å². The number of methoxy groups -OCH3 is 1. The third-order valence-electron chi connectivity index (χ3n) is 3.13. The van der Waals surface area contributed by atoms with Crippen LogP contribution in [0.2, 0.25) is 0 Å². The Morgan fingerprint density at radius 2 is 2.12 bits per heavy atom. The van der Waals surface area contributed by atoms with E-state index in [-0.39, 0.29) is 22.8 Å². The predicted octanol–water partition coefficient (Wildman–Crippen LogP) is 5.08. The van der Waals surface area contributed by atoms with Crippen molar-refractivity contribution in [3.8, 4) is 5.75 Å². The monoisotopic (exact) mass is 413 g/mol. The van der Waals surface area contributed by atoms with Gasteiger partial charge in [0, 0.05) is 11.6 Å². The van der Waals surface area contributed by atoms with Crippen molar-refractivity contribution in [1.29, 1.82) is 0 Å². The summed E-state index contributed by atoms with van der Waals surface area (Å²) in [6.45, 7) is -1.29. The average Bonchev–Trinajstić information content (AvgIpc) is 2.99. The van der Waals surface area contributed by atoms with Gasteiger partial charge in [0.2, 0.25) is 5.89 Å². The van der Waals surface area contributed by atoms with Gasteiger partial charge in [-0.2, -0.15) is 8.78 Å². The number of aromatic nitrogens is 1. The molecule has 2 aromatic rings. The molecule has 8 heteroatoms. The number of rotatable bonds is 6. The summed E-state index contributed by atoms with van der Waals surface area (Å²) in [4.78, 5) is 17.8. The van der Waals surface area contributed by atoms with E-state index in [4.69, 9.17) is 4.42 Å². The lowest BCUT2D eigenvalue weighted by molar-refractivity contribution is -0.0503. The van der Waals surface area contributed by atoms with Gasteiger partial charge in [-0.15, -0.1) is 0 Å². The fourth-order valence-corrected chi connectivity index (χ4v) is 2.21. The summed E-state index contributed by atoms with van der Waals surface area (Å²) in [6.07, 6.45) is 7.07. The average molecular weight is 414 g/mol. The van der Waals surface area contributed by atoms with Gasteiger partial charge in [0.05, 0.1) is 7.11 Å². The molecular formula is C17H14BrF2NO4. The molecule has 2 rings (SSSR count). The lowest BCUT2D eigenvalue weighted by atomic mass is 10.2. The Balaban J connectivity index is 2.53. The Morgan fingerprint density at radius 3 is 2.72 bits per heavy atom. The van der Waals surface area contributed by atoms with E-state index in [0.717, 1.165) is 7.11 Å². The van der Waals surface area contributed by atoms with Gasteiger partial charge >= 0.3 is 12.6 Å². The standard InChI is InChI=1S/C17H14BrF2NO4/c1-3-10(6-4-5-7-18)15-21-12-8-11(16(22)23-2)13(25-17(19)20)9-14(12)24-15/h3-9,17H,1-2H3/b6-4-,7-5+,10-3-. The van der Waals surface area contributed by atoms with Crippen LogP contribution >= 0.6 is 15.9 Å². The molecule has 0 fully saturated rings. The number of alkyl halides is 2. The molecule has 0 N–H and O–H groups in total. The van der Waals surface area contributed by atoms with Crippen molar-refractivity contribution in [2.45, 2.75) is 13.5 Å². The number of nitrogens with zero attached hydrogens (tertiary/aromatic N) is 1. The molecule has 0 saturated carbocycles. The SMILES string of the molecule is C/C=C(/C=C\C=C\Br)c1nc2cc(C(=O)OC)c(OC(F)F)cc2o1. The number of esters is 1. The second-order valence-electron chi connectivity index (χ2n) is 4.63. The highest BCUT2D eigenvalue weighted by atomic mass is 79.9. The van der Waals surface area contributed by atoms with Crippen LogP contribution < -0.4 is 4.74 Å². The Labute approximate surface area is 150 Å². The van der Waals surface area contributed by atoms with Crippen LogP contribution in [0.4, 0.5) is 8.78 Å². The van der Waals surface area contributed by atoms with Crippen LogP contribution in [0.1, 0.15) is 23.2 Å². The van der Waals surface area contributed by atoms with Gasteiger partial charge in [0.15, 0.2) is 5.58 Å². The van der Waals surface area contributed by atoms with E-state index in [9.17, 15) is 13.6 Å². The Hall–Kier alpha value is -2.48. The first-order valence-electron chi connectivity index (χ1n) is 7.08. The van der Waals surface area contributed by atoms with Gasteiger partial charge < -0.3 is 13.9 Å². The zero-order valence-electron chi connectivity index (χ0n) is 13.3. The molecular weight excluding hydrogens is 400 g/mol. The van der Waals surface area contributed by atoms with Crippen molar-refractivity contribution in [2.75, 3.05) is 7.11 Å². The summed E-state index contributed by atoms with van der Waals surface area (Å²) in [5.41, 5.74) is 1.05. The molecule has 1 heterocycles. The van der Waals surface area contributed by atoms with Crippen LogP contribution in [0, 0.1) is 0 Å². The molecule has 0 unspecified atom stereocenters. The van der Waals surface area contributed by atoms with Gasteiger partial charge in [0.1, 0.15) is 16.8 Å². The van der Waals surface area contributed by atoms with E-state index in [1.165, 1.54) is 12.1 Å². The highest BCUT2D eigenvalue weighted by molar-refractivity contribution is 9.11. The third kappa shape index (κ3) is 4.54. The molecule has 25 heavy (non-hydrogen) atoms. The molecule has 0 bridgehead atoms. The molecule has 0 aliphatic carbocycles. The number of halogens is 3. The number of carbonyl (C=O) groups is 1. The lowest BCUT2D eigenvalue weighted by Gasteiger charge is -2.08. The molecule has 0 aliphatic rings. The molecule has 1 aromatic heterocycles. The number of ether oxygens (including phenoxy) is 2. The van der Waals surface area contributed by atoms with E-state index in [1.807, 2.05) is 0 Å².